The van der Waals surface area contributed by atoms with Crippen molar-refractivity contribution in [3.63, 3.8) is 0 Å². The molecule has 0 saturated carbocycles. The number of rotatable bonds is 15. The Labute approximate surface area is 249 Å². The highest BCUT2D eigenvalue weighted by Crippen LogP contribution is 2.31. The van der Waals surface area contributed by atoms with E-state index in [-0.39, 0.29) is 11.8 Å². The molecular formula is C32H35N5O6. The van der Waals surface area contributed by atoms with E-state index in [4.69, 9.17) is 19.7 Å². The van der Waals surface area contributed by atoms with Gasteiger partial charge in [-0.05, 0) is 73.0 Å². The van der Waals surface area contributed by atoms with Crippen molar-refractivity contribution in [2.75, 3.05) is 27.3 Å². The maximum Gasteiger partial charge on any atom is 0.258 e. The maximum absolute atomic E-state index is 12.5. The van der Waals surface area contributed by atoms with Gasteiger partial charge in [0.2, 0.25) is 5.91 Å². The molecular weight excluding hydrogens is 550 g/mol. The van der Waals surface area contributed by atoms with Crippen LogP contribution in [0.5, 0.6) is 11.5 Å². The second kappa shape index (κ2) is 15.2. The van der Waals surface area contributed by atoms with Crippen LogP contribution in [0.3, 0.4) is 0 Å². The zero-order valence-corrected chi connectivity index (χ0v) is 24.2. The lowest BCUT2D eigenvalue weighted by molar-refractivity contribution is 0.0943. The average Bonchev–Trinajstić information content (AvgIpc) is 3.50. The van der Waals surface area contributed by atoms with Crippen LogP contribution >= 0.6 is 0 Å². The number of ether oxygens (including phenoxy) is 2. The lowest BCUT2D eigenvalue weighted by atomic mass is 10.1. The number of aromatic nitrogens is 2. The second-order valence-corrected chi connectivity index (χ2v) is 9.83. The summed E-state index contributed by atoms with van der Waals surface area (Å²) in [6, 6.07) is 18.9. The third kappa shape index (κ3) is 8.65. The Kier molecular flexibility index (Phi) is 10.8. The molecule has 43 heavy (non-hydrogen) atoms. The molecule has 0 aliphatic heterocycles. The summed E-state index contributed by atoms with van der Waals surface area (Å²) in [5.41, 5.74) is 8.31. The van der Waals surface area contributed by atoms with Gasteiger partial charge in [-0.2, -0.15) is 4.98 Å². The monoisotopic (exact) mass is 585 g/mol. The van der Waals surface area contributed by atoms with E-state index in [0.29, 0.717) is 59.4 Å². The third-order valence-corrected chi connectivity index (χ3v) is 6.78. The van der Waals surface area contributed by atoms with Gasteiger partial charge < -0.3 is 30.4 Å². The van der Waals surface area contributed by atoms with E-state index in [2.05, 4.69) is 20.8 Å². The SMILES string of the molecule is COc1ccc(-c2nc(Cc3ccc(C(=O)NCCCCCCNC(=O)c4ccc(C(N)=O)cc4)cc3)no2)cc1OC. The number of methoxy groups -OCH3 is 2. The fourth-order valence-electron chi connectivity index (χ4n) is 4.37. The van der Waals surface area contributed by atoms with Gasteiger partial charge in [0.25, 0.3) is 17.7 Å². The van der Waals surface area contributed by atoms with Crippen molar-refractivity contribution in [2.45, 2.75) is 32.1 Å². The highest BCUT2D eigenvalue weighted by molar-refractivity contribution is 5.97. The number of amides is 3. The number of benzene rings is 3. The molecule has 0 bridgehead atoms. The molecule has 0 aliphatic carbocycles. The van der Waals surface area contributed by atoms with Gasteiger partial charge in [-0.15, -0.1) is 0 Å². The Bertz CT molecular complexity index is 1530. The zero-order chi connectivity index (χ0) is 30.6. The Morgan fingerprint density at radius 3 is 1.86 bits per heavy atom. The molecule has 4 aromatic rings. The normalized spacial score (nSPS) is 10.7. The minimum Gasteiger partial charge on any atom is -0.493 e. The van der Waals surface area contributed by atoms with Crippen molar-refractivity contribution >= 4 is 17.7 Å². The first-order chi connectivity index (χ1) is 20.9. The minimum atomic E-state index is -0.527. The van der Waals surface area contributed by atoms with Crippen LogP contribution in [0.1, 0.15) is 68.1 Å². The quantitative estimate of drug-likeness (QED) is 0.175. The molecule has 4 rings (SSSR count). The van der Waals surface area contributed by atoms with E-state index >= 15 is 0 Å². The number of nitrogens with zero attached hydrogens (tertiary/aromatic N) is 2. The summed E-state index contributed by atoms with van der Waals surface area (Å²) in [5.74, 6) is 1.25. The highest BCUT2D eigenvalue weighted by atomic mass is 16.5. The van der Waals surface area contributed by atoms with E-state index < -0.39 is 5.91 Å². The van der Waals surface area contributed by atoms with E-state index in [1.807, 2.05) is 18.2 Å². The molecule has 3 amide bonds. The average molecular weight is 586 g/mol. The van der Waals surface area contributed by atoms with Crippen LogP contribution in [0.15, 0.2) is 71.3 Å². The van der Waals surface area contributed by atoms with Crippen molar-refractivity contribution in [1.29, 1.82) is 0 Å². The summed E-state index contributed by atoms with van der Waals surface area (Å²) < 4.78 is 16.0. The Morgan fingerprint density at radius 2 is 1.30 bits per heavy atom. The number of nitrogens with two attached hydrogens (primary N) is 1. The maximum atomic E-state index is 12.5. The van der Waals surface area contributed by atoms with Crippen LogP contribution in [-0.2, 0) is 6.42 Å². The lowest BCUT2D eigenvalue weighted by Crippen LogP contribution is -2.25. The fourth-order valence-corrected chi connectivity index (χ4v) is 4.37. The Morgan fingerprint density at radius 1 is 0.744 bits per heavy atom. The van der Waals surface area contributed by atoms with Crippen molar-refractivity contribution < 1.29 is 28.4 Å². The molecule has 11 heteroatoms. The number of carbonyl (C=O) groups is 3. The van der Waals surface area contributed by atoms with Crippen LogP contribution in [-0.4, -0.2) is 55.2 Å². The molecule has 0 unspecified atom stereocenters. The van der Waals surface area contributed by atoms with Crippen LogP contribution in [0, 0.1) is 0 Å². The molecule has 4 N–H and O–H groups in total. The van der Waals surface area contributed by atoms with E-state index in [9.17, 15) is 14.4 Å². The van der Waals surface area contributed by atoms with Gasteiger partial charge in [0.15, 0.2) is 17.3 Å². The van der Waals surface area contributed by atoms with Crippen molar-refractivity contribution in [3.8, 4) is 23.0 Å². The summed E-state index contributed by atoms with van der Waals surface area (Å²) >= 11 is 0. The fraction of sp³-hybridized carbons (Fsp3) is 0.281. The molecule has 0 radical (unpaired) electrons. The van der Waals surface area contributed by atoms with E-state index in [1.54, 1.807) is 50.6 Å². The highest BCUT2D eigenvalue weighted by Gasteiger charge is 2.13. The smallest absolute Gasteiger partial charge is 0.258 e. The van der Waals surface area contributed by atoms with E-state index in [1.165, 1.54) is 12.1 Å². The number of hydrogen-bond acceptors (Lipinski definition) is 8. The molecule has 0 fully saturated rings. The number of unbranched alkanes of at least 4 members (excludes halogenated alkanes) is 3. The first kappa shape index (κ1) is 30.8. The number of primary amides is 1. The van der Waals surface area contributed by atoms with Gasteiger partial charge in [-0.1, -0.05) is 30.1 Å². The molecule has 1 heterocycles. The summed E-state index contributed by atoms with van der Waals surface area (Å²) in [6.07, 6.45) is 3.98. The van der Waals surface area contributed by atoms with Crippen LogP contribution < -0.4 is 25.8 Å². The van der Waals surface area contributed by atoms with Crippen LogP contribution in [0.4, 0.5) is 0 Å². The summed E-state index contributed by atoms with van der Waals surface area (Å²) in [7, 11) is 3.14. The summed E-state index contributed by atoms with van der Waals surface area (Å²) in [5, 5.41) is 9.90. The minimum absolute atomic E-state index is 0.128. The largest absolute Gasteiger partial charge is 0.493 e. The lowest BCUT2D eigenvalue weighted by Gasteiger charge is -2.07. The van der Waals surface area contributed by atoms with Gasteiger partial charge in [0.05, 0.1) is 14.2 Å². The van der Waals surface area contributed by atoms with Crippen molar-refractivity contribution in [2.24, 2.45) is 5.73 Å². The predicted molar refractivity (Wildman–Crippen MR) is 160 cm³/mol. The molecule has 1 aromatic heterocycles. The van der Waals surface area contributed by atoms with Gasteiger partial charge >= 0.3 is 0 Å². The summed E-state index contributed by atoms with van der Waals surface area (Å²) in [4.78, 5) is 40.3. The Balaban J connectivity index is 1.13. The van der Waals surface area contributed by atoms with Gasteiger partial charge in [-0.3, -0.25) is 14.4 Å². The standard InChI is InChI=1S/C32H35N5O6/c1-41-26-16-15-25(20-27(26)42-2)32-36-28(37-43-32)19-21-7-9-23(10-8-21)30(39)34-17-5-3-4-6-18-35-31(40)24-13-11-22(12-14-24)29(33)38/h7-16,20H,3-6,17-19H2,1-2H3,(H2,33,38)(H,34,39)(H,35,40). The Hall–Kier alpha value is -5.19. The topological polar surface area (TPSA) is 159 Å². The molecule has 0 aliphatic rings. The number of carbonyl (C=O) groups excluding carboxylic acids is 3. The van der Waals surface area contributed by atoms with Gasteiger partial charge in [0, 0.05) is 41.8 Å². The van der Waals surface area contributed by atoms with Gasteiger partial charge in [-0.25, -0.2) is 0 Å². The third-order valence-electron chi connectivity index (χ3n) is 6.78. The zero-order valence-electron chi connectivity index (χ0n) is 24.2. The van der Waals surface area contributed by atoms with E-state index in [0.717, 1.165) is 36.8 Å². The number of hydrogen-bond donors (Lipinski definition) is 3. The molecule has 11 nitrogen and oxygen atoms in total. The first-order valence-corrected chi connectivity index (χ1v) is 14.0. The second-order valence-electron chi connectivity index (χ2n) is 9.83. The summed E-state index contributed by atoms with van der Waals surface area (Å²) in [6.45, 7) is 1.12. The molecule has 0 saturated heterocycles. The van der Waals surface area contributed by atoms with Gasteiger partial charge in [0.1, 0.15) is 0 Å². The molecule has 0 atom stereocenters. The molecule has 0 spiro atoms. The molecule has 3 aromatic carbocycles. The number of nitrogens with one attached hydrogen (secondary N) is 2. The van der Waals surface area contributed by atoms with Crippen molar-refractivity contribution in [1.82, 2.24) is 20.8 Å². The van der Waals surface area contributed by atoms with Crippen LogP contribution in [0.2, 0.25) is 0 Å². The van der Waals surface area contributed by atoms with Crippen LogP contribution in [0.25, 0.3) is 11.5 Å². The molecule has 224 valence electrons. The predicted octanol–water partition coefficient (Wildman–Crippen LogP) is 4.16. The first-order valence-electron chi connectivity index (χ1n) is 14.0. The van der Waals surface area contributed by atoms with Crippen molar-refractivity contribution in [3.05, 3.63) is 94.8 Å².